The highest BCUT2D eigenvalue weighted by Gasteiger charge is 2.43. The third-order valence-corrected chi connectivity index (χ3v) is 9.93. The van der Waals surface area contributed by atoms with Crippen LogP contribution in [-0.4, -0.2) is 39.6 Å². The lowest BCUT2D eigenvalue weighted by Gasteiger charge is -2.29. The Morgan fingerprint density at radius 2 is 1.67 bits per heavy atom. The number of carboxylic acid groups (broad SMARTS) is 1. The van der Waals surface area contributed by atoms with Crippen molar-refractivity contribution in [3.8, 4) is 17.0 Å². The van der Waals surface area contributed by atoms with Crippen LogP contribution in [0.2, 0.25) is 0 Å². The molecule has 0 spiro atoms. The summed E-state index contributed by atoms with van der Waals surface area (Å²) in [5, 5.41) is 16.2. The van der Waals surface area contributed by atoms with Gasteiger partial charge in [-0.3, -0.25) is 9.59 Å². The number of fused-ring (bicyclic) bond motifs is 5. The number of hydrogen-bond acceptors (Lipinski definition) is 4. The lowest BCUT2D eigenvalue weighted by atomic mass is 9.81. The third-order valence-electron chi connectivity index (χ3n) is 9.93. The van der Waals surface area contributed by atoms with Crippen LogP contribution in [0.1, 0.15) is 85.2 Å². The van der Waals surface area contributed by atoms with E-state index in [-0.39, 0.29) is 11.8 Å². The highest BCUT2D eigenvalue weighted by Crippen LogP contribution is 2.47. The Labute approximate surface area is 268 Å². The zero-order valence-corrected chi connectivity index (χ0v) is 25.9. The summed E-state index contributed by atoms with van der Waals surface area (Å²) in [6.07, 6.45) is 11.5. The first kappa shape index (κ1) is 29.8. The number of anilines is 1. The predicted octanol–water partition coefficient (Wildman–Crippen LogP) is 7.53. The molecule has 46 heavy (non-hydrogen) atoms. The second-order valence-electron chi connectivity index (χ2n) is 12.8. The minimum absolute atomic E-state index is 0.238. The Kier molecular flexibility index (Phi) is 8.11. The van der Waals surface area contributed by atoms with E-state index in [0.717, 1.165) is 48.6 Å². The second kappa shape index (κ2) is 12.5. The lowest BCUT2D eigenvalue weighted by Crippen LogP contribution is -2.55. The van der Waals surface area contributed by atoms with Crippen LogP contribution < -0.4 is 15.4 Å². The van der Waals surface area contributed by atoms with E-state index in [1.165, 1.54) is 42.0 Å². The number of carbonyl (C=O) groups is 3. The molecule has 7 rings (SSSR count). The molecule has 2 aliphatic carbocycles. The Balaban J connectivity index is 1.19. The van der Waals surface area contributed by atoms with Crippen molar-refractivity contribution in [2.45, 2.75) is 75.8 Å². The van der Waals surface area contributed by atoms with Crippen molar-refractivity contribution in [2.24, 2.45) is 0 Å². The molecular formula is C38H39N3O5. The van der Waals surface area contributed by atoms with Crippen molar-refractivity contribution in [1.82, 2.24) is 9.88 Å². The molecule has 0 bridgehead atoms. The van der Waals surface area contributed by atoms with E-state index in [9.17, 15) is 14.4 Å². The Hall–Kier alpha value is -4.85. The van der Waals surface area contributed by atoms with Crippen molar-refractivity contribution in [3.05, 3.63) is 89.5 Å². The normalized spacial score (nSPS) is 17.6. The van der Waals surface area contributed by atoms with Gasteiger partial charge in [0.25, 0.3) is 5.91 Å². The summed E-state index contributed by atoms with van der Waals surface area (Å²) in [5.41, 5.74) is 5.55. The highest BCUT2D eigenvalue weighted by atomic mass is 16.5. The van der Waals surface area contributed by atoms with Crippen LogP contribution in [0, 0.1) is 0 Å². The SMILES string of the molecule is O=C(O)C=Cc1ccc(NC(=O)C2(NC(=O)c3ccc4c(C5CCCCC5)c5n(c4c3)CCOc3ccccc3-5)CCCC2)cc1. The van der Waals surface area contributed by atoms with Crippen LogP contribution in [0.4, 0.5) is 5.69 Å². The first-order valence-corrected chi connectivity index (χ1v) is 16.5. The monoisotopic (exact) mass is 617 g/mol. The van der Waals surface area contributed by atoms with E-state index in [1.54, 1.807) is 24.3 Å². The summed E-state index contributed by atoms with van der Waals surface area (Å²) >= 11 is 0. The van der Waals surface area contributed by atoms with E-state index in [4.69, 9.17) is 9.84 Å². The Bertz CT molecular complexity index is 1830. The summed E-state index contributed by atoms with van der Waals surface area (Å²) < 4.78 is 8.53. The minimum Gasteiger partial charge on any atom is -0.491 e. The summed E-state index contributed by atoms with van der Waals surface area (Å²) in [4.78, 5) is 38.5. The fourth-order valence-electron chi connectivity index (χ4n) is 7.65. The van der Waals surface area contributed by atoms with Crippen molar-refractivity contribution in [3.63, 3.8) is 0 Å². The molecule has 2 saturated carbocycles. The number of para-hydroxylation sites is 1. The molecule has 0 atom stereocenters. The topological polar surface area (TPSA) is 110 Å². The van der Waals surface area contributed by atoms with Gasteiger partial charge in [0.05, 0.1) is 12.2 Å². The van der Waals surface area contributed by atoms with Gasteiger partial charge in [-0.15, -0.1) is 0 Å². The molecule has 3 aromatic carbocycles. The quantitative estimate of drug-likeness (QED) is 0.186. The standard InChI is InChI=1S/C38H39N3O5/c42-33(43)19-14-25-12-16-28(17-13-25)39-37(45)38(20-6-7-21-38)40-36(44)27-15-18-29-31(24-27)41-22-23-46-32-11-5-4-10-30(32)35(41)34(29)26-8-2-1-3-9-26/h4-5,10-19,24,26H,1-3,6-9,20-23H2,(H,39,45)(H,40,44)(H,42,43). The van der Waals surface area contributed by atoms with Gasteiger partial charge in [0.2, 0.25) is 5.91 Å². The van der Waals surface area contributed by atoms with Gasteiger partial charge in [0.15, 0.2) is 0 Å². The number of aliphatic carboxylic acids is 1. The molecule has 1 aliphatic heterocycles. The number of carbonyl (C=O) groups excluding carboxylic acids is 2. The third kappa shape index (κ3) is 5.68. The summed E-state index contributed by atoms with van der Waals surface area (Å²) in [5.74, 6) is -0.149. The van der Waals surface area contributed by atoms with Gasteiger partial charge < -0.3 is 25.0 Å². The van der Waals surface area contributed by atoms with Crippen molar-refractivity contribution >= 4 is 40.4 Å². The fraction of sp³-hybridized carbons (Fsp3) is 0.342. The smallest absolute Gasteiger partial charge is 0.328 e. The van der Waals surface area contributed by atoms with Crippen LogP contribution in [-0.2, 0) is 16.1 Å². The fourth-order valence-corrected chi connectivity index (χ4v) is 7.65. The van der Waals surface area contributed by atoms with Crippen LogP contribution in [0.3, 0.4) is 0 Å². The molecule has 0 unspecified atom stereocenters. The van der Waals surface area contributed by atoms with Crippen LogP contribution in [0.25, 0.3) is 28.2 Å². The molecule has 2 amide bonds. The minimum atomic E-state index is -1.02. The molecule has 2 fully saturated rings. The largest absolute Gasteiger partial charge is 0.491 e. The maximum atomic E-state index is 13.9. The molecule has 8 heteroatoms. The number of rotatable bonds is 7. The Morgan fingerprint density at radius 1 is 0.913 bits per heavy atom. The second-order valence-corrected chi connectivity index (χ2v) is 12.8. The number of benzene rings is 3. The molecule has 1 aromatic heterocycles. The van der Waals surface area contributed by atoms with Gasteiger partial charge in [-0.05, 0) is 85.2 Å². The summed E-state index contributed by atoms with van der Waals surface area (Å²) in [6.45, 7) is 1.24. The maximum Gasteiger partial charge on any atom is 0.328 e. The lowest BCUT2D eigenvalue weighted by molar-refractivity contribution is -0.131. The molecular weight excluding hydrogens is 578 g/mol. The van der Waals surface area contributed by atoms with Gasteiger partial charge in [-0.1, -0.05) is 62.4 Å². The number of carboxylic acids is 1. The average molecular weight is 618 g/mol. The van der Waals surface area contributed by atoms with Gasteiger partial charge in [-0.25, -0.2) is 4.79 Å². The summed E-state index contributed by atoms with van der Waals surface area (Å²) in [7, 11) is 0. The van der Waals surface area contributed by atoms with Crippen molar-refractivity contribution in [2.75, 3.05) is 11.9 Å². The van der Waals surface area contributed by atoms with Crippen LogP contribution in [0.5, 0.6) is 5.75 Å². The number of aromatic nitrogens is 1. The highest BCUT2D eigenvalue weighted by molar-refractivity contribution is 6.06. The van der Waals surface area contributed by atoms with Crippen molar-refractivity contribution < 1.29 is 24.2 Å². The zero-order valence-electron chi connectivity index (χ0n) is 25.9. The number of hydrogen-bond donors (Lipinski definition) is 3. The van der Waals surface area contributed by atoms with E-state index < -0.39 is 11.5 Å². The van der Waals surface area contributed by atoms with Crippen LogP contribution >= 0.6 is 0 Å². The Morgan fingerprint density at radius 3 is 2.43 bits per heavy atom. The van der Waals surface area contributed by atoms with Gasteiger partial charge in [-0.2, -0.15) is 0 Å². The van der Waals surface area contributed by atoms with E-state index >= 15 is 0 Å². The first-order valence-electron chi connectivity index (χ1n) is 16.5. The number of nitrogens with one attached hydrogen (secondary N) is 2. The molecule has 0 radical (unpaired) electrons. The first-order chi connectivity index (χ1) is 22.4. The van der Waals surface area contributed by atoms with Gasteiger partial charge in [0, 0.05) is 33.8 Å². The van der Waals surface area contributed by atoms with E-state index in [0.29, 0.717) is 48.7 Å². The van der Waals surface area contributed by atoms with E-state index in [1.807, 2.05) is 24.3 Å². The maximum absolute atomic E-state index is 13.9. The molecule has 3 aliphatic rings. The molecule has 3 N–H and O–H groups in total. The zero-order chi connectivity index (χ0) is 31.7. The molecule has 2 heterocycles. The average Bonchev–Trinajstić information content (AvgIpc) is 3.62. The molecule has 8 nitrogen and oxygen atoms in total. The summed E-state index contributed by atoms with van der Waals surface area (Å²) in [6, 6.07) is 21.3. The predicted molar refractivity (Wildman–Crippen MR) is 179 cm³/mol. The molecule has 4 aromatic rings. The number of nitrogens with zero attached hydrogens (tertiary/aromatic N) is 1. The number of amides is 2. The molecule has 0 saturated heterocycles. The van der Waals surface area contributed by atoms with Crippen LogP contribution in [0.15, 0.2) is 72.8 Å². The molecule has 236 valence electrons. The van der Waals surface area contributed by atoms with E-state index in [2.05, 4.69) is 33.4 Å². The van der Waals surface area contributed by atoms with Crippen molar-refractivity contribution in [1.29, 1.82) is 0 Å². The van der Waals surface area contributed by atoms with Gasteiger partial charge in [0.1, 0.15) is 17.9 Å². The number of ether oxygens (including phenoxy) is 1. The van der Waals surface area contributed by atoms with Gasteiger partial charge >= 0.3 is 5.97 Å².